The van der Waals surface area contributed by atoms with Crippen molar-refractivity contribution < 1.29 is 18.0 Å². The normalized spacial score (nSPS) is 12.3. The number of pyridine rings is 1. The van der Waals surface area contributed by atoms with Crippen LogP contribution in [0.3, 0.4) is 0 Å². The number of benzene rings is 1. The monoisotopic (exact) mass is 349 g/mol. The van der Waals surface area contributed by atoms with Crippen LogP contribution in [0.5, 0.6) is 0 Å². The summed E-state index contributed by atoms with van der Waals surface area (Å²) in [5.41, 5.74) is -0.504. The van der Waals surface area contributed by atoms with Crippen molar-refractivity contribution in [3.63, 3.8) is 0 Å². The topological polar surface area (TPSA) is 74.9 Å². The number of rotatable bonds is 4. The summed E-state index contributed by atoms with van der Waals surface area (Å²) in [6.07, 6.45) is -3.98. The molecule has 25 heavy (non-hydrogen) atoms. The van der Waals surface area contributed by atoms with Gasteiger partial charge in [0.15, 0.2) is 0 Å². The van der Waals surface area contributed by atoms with Gasteiger partial charge in [-0.25, -0.2) is 0 Å². The number of nitrogens with one attached hydrogen (secondary N) is 1. The van der Waals surface area contributed by atoms with E-state index in [1.807, 2.05) is 6.07 Å². The Morgan fingerprint density at radius 1 is 1.24 bits per heavy atom. The molecule has 0 radical (unpaired) electrons. The summed E-state index contributed by atoms with van der Waals surface area (Å²) in [4.78, 5) is 23.7. The van der Waals surface area contributed by atoms with Crippen LogP contribution in [-0.2, 0) is 17.5 Å². The Kier molecular flexibility index (Phi) is 5.27. The molecule has 0 fully saturated rings. The summed E-state index contributed by atoms with van der Waals surface area (Å²) in [6.45, 7) is 1.16. The fraction of sp³-hybridized carbons (Fsp3) is 0.235. The molecule has 0 aliphatic carbocycles. The van der Waals surface area contributed by atoms with Gasteiger partial charge in [-0.1, -0.05) is 12.1 Å². The quantitative estimate of drug-likeness (QED) is 0.922. The second-order valence-corrected chi connectivity index (χ2v) is 5.40. The minimum Gasteiger partial charge on any atom is -0.348 e. The van der Waals surface area contributed by atoms with Crippen LogP contribution in [0.15, 0.2) is 47.4 Å². The summed E-state index contributed by atoms with van der Waals surface area (Å²) in [7, 11) is 0. The van der Waals surface area contributed by atoms with Crippen LogP contribution in [-0.4, -0.2) is 10.5 Å². The summed E-state index contributed by atoms with van der Waals surface area (Å²) in [6, 6.07) is 9.52. The van der Waals surface area contributed by atoms with Gasteiger partial charge in [-0.05, 0) is 30.7 Å². The Labute approximate surface area is 141 Å². The highest BCUT2D eigenvalue weighted by atomic mass is 19.4. The SMILES string of the molecule is CC(NC(=O)Cn1cc(C(F)(F)F)ccc1=O)c1ccc(C#N)cc1. The molecule has 2 rings (SSSR count). The standard InChI is InChI=1S/C17H14F3N3O2/c1-11(13-4-2-12(8-21)3-5-13)22-15(24)10-23-9-14(17(18,19)20)6-7-16(23)25/h2-7,9,11H,10H2,1H3,(H,22,24). The molecule has 1 amide bonds. The van der Waals surface area contributed by atoms with Crippen LogP contribution in [0.4, 0.5) is 13.2 Å². The van der Waals surface area contributed by atoms with E-state index in [4.69, 9.17) is 5.26 Å². The number of carbonyl (C=O) groups is 1. The van der Waals surface area contributed by atoms with Crippen LogP contribution in [0, 0.1) is 11.3 Å². The molecule has 0 saturated heterocycles. The van der Waals surface area contributed by atoms with Gasteiger partial charge in [0.2, 0.25) is 5.91 Å². The molecule has 1 aromatic heterocycles. The Morgan fingerprint density at radius 2 is 1.88 bits per heavy atom. The van der Waals surface area contributed by atoms with E-state index < -0.39 is 35.8 Å². The number of nitriles is 1. The van der Waals surface area contributed by atoms with E-state index in [2.05, 4.69) is 5.32 Å². The molecule has 0 spiro atoms. The number of nitrogens with zero attached hydrogens (tertiary/aromatic N) is 2. The fourth-order valence-corrected chi connectivity index (χ4v) is 2.19. The van der Waals surface area contributed by atoms with E-state index in [1.165, 1.54) is 0 Å². The molecular formula is C17H14F3N3O2. The second kappa shape index (κ2) is 7.21. The first-order chi connectivity index (χ1) is 11.7. The van der Waals surface area contributed by atoms with Gasteiger partial charge in [0, 0.05) is 12.3 Å². The van der Waals surface area contributed by atoms with Crippen molar-refractivity contribution >= 4 is 5.91 Å². The fourth-order valence-electron chi connectivity index (χ4n) is 2.19. The molecule has 1 atom stereocenters. The van der Waals surface area contributed by atoms with Crippen molar-refractivity contribution in [3.05, 3.63) is 69.6 Å². The van der Waals surface area contributed by atoms with Gasteiger partial charge in [-0.15, -0.1) is 0 Å². The summed E-state index contributed by atoms with van der Waals surface area (Å²) < 4.78 is 38.8. The molecule has 0 bridgehead atoms. The average Bonchev–Trinajstić information content (AvgIpc) is 2.55. The minimum atomic E-state index is -4.60. The Bertz CT molecular complexity index is 864. The van der Waals surface area contributed by atoms with Crippen LogP contribution >= 0.6 is 0 Å². The summed E-state index contributed by atoms with van der Waals surface area (Å²) in [5.74, 6) is -0.599. The maximum atomic E-state index is 12.7. The largest absolute Gasteiger partial charge is 0.417 e. The first-order valence-electron chi connectivity index (χ1n) is 7.28. The summed E-state index contributed by atoms with van der Waals surface area (Å²) in [5, 5.41) is 11.4. The van der Waals surface area contributed by atoms with E-state index in [9.17, 15) is 22.8 Å². The summed E-state index contributed by atoms with van der Waals surface area (Å²) >= 11 is 0. The van der Waals surface area contributed by atoms with Crippen molar-refractivity contribution in [3.8, 4) is 6.07 Å². The molecule has 5 nitrogen and oxygen atoms in total. The second-order valence-electron chi connectivity index (χ2n) is 5.40. The first-order valence-corrected chi connectivity index (χ1v) is 7.28. The van der Waals surface area contributed by atoms with E-state index in [0.29, 0.717) is 22.4 Å². The third-order valence-corrected chi connectivity index (χ3v) is 3.54. The Balaban J connectivity index is 2.09. The molecule has 0 aliphatic rings. The lowest BCUT2D eigenvalue weighted by Crippen LogP contribution is -2.34. The molecular weight excluding hydrogens is 335 g/mol. The van der Waals surface area contributed by atoms with Crippen molar-refractivity contribution in [2.45, 2.75) is 25.7 Å². The lowest BCUT2D eigenvalue weighted by atomic mass is 10.1. The molecule has 0 aliphatic heterocycles. The molecule has 130 valence electrons. The average molecular weight is 349 g/mol. The molecule has 1 N–H and O–H groups in total. The lowest BCUT2D eigenvalue weighted by molar-refractivity contribution is -0.138. The minimum absolute atomic E-state index is 0.429. The van der Waals surface area contributed by atoms with Gasteiger partial charge in [0.05, 0.1) is 23.2 Å². The van der Waals surface area contributed by atoms with Crippen LogP contribution in [0.1, 0.15) is 29.7 Å². The molecule has 2 aromatic rings. The van der Waals surface area contributed by atoms with E-state index in [0.717, 1.165) is 11.6 Å². The van der Waals surface area contributed by atoms with Crippen molar-refractivity contribution in [2.75, 3.05) is 0 Å². The smallest absolute Gasteiger partial charge is 0.348 e. The number of alkyl halides is 3. The highest BCUT2D eigenvalue weighted by molar-refractivity contribution is 5.76. The van der Waals surface area contributed by atoms with Crippen LogP contribution in [0.25, 0.3) is 0 Å². The number of aromatic nitrogens is 1. The van der Waals surface area contributed by atoms with Gasteiger partial charge >= 0.3 is 6.18 Å². The zero-order valence-corrected chi connectivity index (χ0v) is 13.2. The maximum Gasteiger partial charge on any atom is 0.417 e. The number of hydrogen-bond acceptors (Lipinski definition) is 3. The molecule has 1 heterocycles. The van der Waals surface area contributed by atoms with E-state index in [-0.39, 0.29) is 0 Å². The highest BCUT2D eigenvalue weighted by Crippen LogP contribution is 2.28. The third-order valence-electron chi connectivity index (χ3n) is 3.54. The zero-order chi connectivity index (χ0) is 18.6. The number of carbonyl (C=O) groups excluding carboxylic acids is 1. The van der Waals surface area contributed by atoms with Gasteiger partial charge in [0.25, 0.3) is 5.56 Å². The van der Waals surface area contributed by atoms with Gasteiger partial charge in [-0.3, -0.25) is 9.59 Å². The number of halogens is 3. The van der Waals surface area contributed by atoms with Crippen molar-refractivity contribution in [1.82, 2.24) is 9.88 Å². The van der Waals surface area contributed by atoms with Gasteiger partial charge in [0.1, 0.15) is 6.54 Å². The molecule has 1 aromatic carbocycles. The van der Waals surface area contributed by atoms with E-state index >= 15 is 0 Å². The molecule has 8 heteroatoms. The lowest BCUT2D eigenvalue weighted by Gasteiger charge is -2.15. The predicted octanol–water partition coefficient (Wildman–Crippen LogP) is 2.62. The molecule has 0 saturated carbocycles. The maximum absolute atomic E-state index is 12.7. The highest BCUT2D eigenvalue weighted by Gasteiger charge is 2.31. The number of amides is 1. The van der Waals surface area contributed by atoms with Crippen molar-refractivity contribution in [1.29, 1.82) is 5.26 Å². The third kappa shape index (κ3) is 4.70. The zero-order valence-electron chi connectivity index (χ0n) is 13.2. The van der Waals surface area contributed by atoms with Gasteiger partial charge < -0.3 is 9.88 Å². The van der Waals surface area contributed by atoms with E-state index in [1.54, 1.807) is 31.2 Å². The predicted molar refractivity (Wildman–Crippen MR) is 83.4 cm³/mol. The molecule has 1 unspecified atom stereocenters. The van der Waals surface area contributed by atoms with Crippen LogP contribution < -0.4 is 10.9 Å². The first kappa shape index (κ1) is 18.3. The number of hydrogen-bond donors (Lipinski definition) is 1. The van der Waals surface area contributed by atoms with Crippen molar-refractivity contribution in [2.24, 2.45) is 0 Å². The Hall–Kier alpha value is -3.08. The van der Waals surface area contributed by atoms with Gasteiger partial charge in [-0.2, -0.15) is 18.4 Å². The van der Waals surface area contributed by atoms with Crippen LogP contribution in [0.2, 0.25) is 0 Å². The Morgan fingerprint density at radius 3 is 2.44 bits per heavy atom.